The Morgan fingerprint density at radius 2 is 2.33 bits per heavy atom. The van der Waals surface area contributed by atoms with Crippen molar-refractivity contribution in [1.82, 2.24) is 4.90 Å². The molecule has 0 aliphatic carbocycles. The average molecular weight is 260 g/mol. The maximum atomic E-state index is 11.9. The minimum atomic E-state index is 0.0374. The molecule has 2 bridgehead atoms. The second-order valence-corrected chi connectivity index (χ2v) is 5.35. The minimum absolute atomic E-state index is 0.0374. The third-order valence-electron chi connectivity index (χ3n) is 3.74. The topological polar surface area (TPSA) is 20.3 Å². The number of benzene rings is 1. The lowest BCUT2D eigenvalue weighted by molar-refractivity contribution is -0.124. The smallest absolute Gasteiger partial charge is 0.155 e. The summed E-state index contributed by atoms with van der Waals surface area (Å²) in [4.78, 5) is 14.2. The first kappa shape index (κ1) is 11.8. The molecule has 2 aliphatic heterocycles. The van der Waals surface area contributed by atoms with Crippen molar-refractivity contribution in [2.24, 2.45) is 5.92 Å². The van der Waals surface area contributed by atoms with E-state index in [1.54, 1.807) is 0 Å². The Labute approximate surface area is 112 Å². The Kier molecular flexibility index (Phi) is 3.11. The molecule has 0 aromatic heterocycles. The molecular weight excluding hydrogens is 246 g/mol. The van der Waals surface area contributed by atoms with E-state index in [4.69, 9.17) is 11.6 Å². The van der Waals surface area contributed by atoms with Crippen molar-refractivity contribution in [3.63, 3.8) is 0 Å². The number of halogens is 1. The lowest BCUT2D eigenvalue weighted by atomic mass is 9.97. The summed E-state index contributed by atoms with van der Waals surface area (Å²) in [5.41, 5.74) is 0.910. The minimum Gasteiger partial charge on any atom is -0.298 e. The van der Waals surface area contributed by atoms with E-state index in [9.17, 15) is 4.79 Å². The third kappa shape index (κ3) is 2.16. The van der Waals surface area contributed by atoms with Crippen LogP contribution in [-0.4, -0.2) is 29.8 Å². The van der Waals surface area contributed by atoms with Crippen LogP contribution in [0.15, 0.2) is 24.3 Å². The van der Waals surface area contributed by atoms with Crippen molar-refractivity contribution in [3.05, 3.63) is 34.9 Å². The van der Waals surface area contributed by atoms with Crippen LogP contribution in [0, 0.1) is 17.8 Å². The summed E-state index contributed by atoms with van der Waals surface area (Å²) in [6.45, 7) is 2.00. The fourth-order valence-electron chi connectivity index (χ4n) is 2.80. The van der Waals surface area contributed by atoms with Gasteiger partial charge in [-0.3, -0.25) is 9.69 Å². The van der Waals surface area contributed by atoms with Crippen LogP contribution in [0.1, 0.15) is 18.4 Å². The van der Waals surface area contributed by atoms with Gasteiger partial charge in [-0.1, -0.05) is 29.5 Å². The number of carbonyl (C=O) groups excluding carboxylic acids is 1. The van der Waals surface area contributed by atoms with Gasteiger partial charge in [-0.2, -0.15) is 0 Å². The number of rotatable bonds is 1. The molecule has 3 rings (SSSR count). The lowest BCUT2D eigenvalue weighted by Gasteiger charge is -2.21. The summed E-state index contributed by atoms with van der Waals surface area (Å²) >= 11 is 5.90. The molecule has 0 amide bonds. The van der Waals surface area contributed by atoms with Gasteiger partial charge < -0.3 is 0 Å². The van der Waals surface area contributed by atoms with E-state index in [0.29, 0.717) is 17.2 Å². The predicted molar refractivity (Wildman–Crippen MR) is 71.4 cm³/mol. The normalized spacial score (nSPS) is 29.2. The number of nitrogens with zero attached hydrogens (tertiary/aromatic N) is 1. The SMILES string of the molecule is O=C1C2CCN(C2)C1CC#Cc1cccc(Cl)c1. The first-order valence-corrected chi connectivity index (χ1v) is 6.64. The predicted octanol–water partition coefficient (Wildman–Crippen LogP) is 2.35. The number of Topliss-reactive ketones (excluding diaryl/α,β-unsaturated/α-hetero) is 1. The largest absolute Gasteiger partial charge is 0.298 e. The maximum Gasteiger partial charge on any atom is 0.155 e. The molecule has 3 atom stereocenters. The highest BCUT2D eigenvalue weighted by atomic mass is 35.5. The van der Waals surface area contributed by atoms with Gasteiger partial charge in [-0.25, -0.2) is 0 Å². The fourth-order valence-corrected chi connectivity index (χ4v) is 2.99. The van der Waals surface area contributed by atoms with Crippen LogP contribution in [0.3, 0.4) is 0 Å². The number of ketones is 1. The van der Waals surface area contributed by atoms with Gasteiger partial charge in [0.1, 0.15) is 0 Å². The molecule has 18 heavy (non-hydrogen) atoms. The quantitative estimate of drug-likeness (QED) is 0.722. The monoisotopic (exact) mass is 259 g/mol. The van der Waals surface area contributed by atoms with E-state index in [2.05, 4.69) is 16.7 Å². The van der Waals surface area contributed by atoms with Gasteiger partial charge >= 0.3 is 0 Å². The van der Waals surface area contributed by atoms with Crippen LogP contribution < -0.4 is 0 Å². The number of carbonyl (C=O) groups is 1. The van der Waals surface area contributed by atoms with Gasteiger partial charge in [0.15, 0.2) is 5.78 Å². The van der Waals surface area contributed by atoms with E-state index in [1.165, 1.54) is 0 Å². The van der Waals surface area contributed by atoms with Crippen molar-refractivity contribution < 1.29 is 4.79 Å². The highest BCUT2D eigenvalue weighted by molar-refractivity contribution is 6.30. The number of hydrogen-bond acceptors (Lipinski definition) is 2. The second kappa shape index (κ2) is 4.76. The molecule has 0 radical (unpaired) electrons. The van der Waals surface area contributed by atoms with E-state index in [1.807, 2.05) is 24.3 Å². The Balaban J connectivity index is 1.67. The molecule has 2 aliphatic rings. The zero-order valence-electron chi connectivity index (χ0n) is 10.0. The van der Waals surface area contributed by atoms with Gasteiger partial charge in [0.25, 0.3) is 0 Å². The molecule has 0 saturated carbocycles. The molecule has 0 spiro atoms. The van der Waals surface area contributed by atoms with E-state index in [0.717, 1.165) is 25.1 Å². The first-order valence-electron chi connectivity index (χ1n) is 6.26. The van der Waals surface area contributed by atoms with Gasteiger partial charge in [0.05, 0.1) is 6.04 Å². The summed E-state index contributed by atoms with van der Waals surface area (Å²) in [5, 5.41) is 0.696. The van der Waals surface area contributed by atoms with Crippen molar-refractivity contribution in [2.45, 2.75) is 18.9 Å². The standard InChI is InChI=1S/C15H14ClNO/c16-13-5-1-3-11(9-13)4-2-6-14-15(18)12-7-8-17(14)10-12/h1,3,5,9,12,14H,6-8,10H2. The highest BCUT2D eigenvalue weighted by Crippen LogP contribution is 2.31. The summed E-state index contributed by atoms with van der Waals surface area (Å²) in [6.07, 6.45) is 1.68. The summed E-state index contributed by atoms with van der Waals surface area (Å²) in [6, 6.07) is 7.53. The molecule has 2 nitrogen and oxygen atoms in total. The van der Waals surface area contributed by atoms with Crippen molar-refractivity contribution >= 4 is 17.4 Å². The van der Waals surface area contributed by atoms with Crippen LogP contribution in [0.25, 0.3) is 0 Å². The fraction of sp³-hybridized carbons (Fsp3) is 0.400. The number of piperidine rings is 1. The molecule has 92 valence electrons. The zero-order valence-corrected chi connectivity index (χ0v) is 10.8. The molecule has 0 N–H and O–H groups in total. The lowest BCUT2D eigenvalue weighted by Crippen LogP contribution is -2.35. The van der Waals surface area contributed by atoms with Crippen LogP contribution in [-0.2, 0) is 4.79 Å². The van der Waals surface area contributed by atoms with Crippen molar-refractivity contribution in [3.8, 4) is 11.8 Å². The van der Waals surface area contributed by atoms with Crippen LogP contribution >= 0.6 is 11.6 Å². The Hall–Kier alpha value is -1.30. The Morgan fingerprint density at radius 3 is 3.06 bits per heavy atom. The molecule has 2 fully saturated rings. The number of hydrogen-bond donors (Lipinski definition) is 0. The molecule has 2 saturated heterocycles. The molecule has 3 heteroatoms. The Morgan fingerprint density at radius 1 is 1.44 bits per heavy atom. The van der Waals surface area contributed by atoms with Crippen LogP contribution in [0.5, 0.6) is 0 Å². The van der Waals surface area contributed by atoms with Crippen molar-refractivity contribution in [1.29, 1.82) is 0 Å². The molecule has 1 aromatic rings. The van der Waals surface area contributed by atoms with E-state index < -0.39 is 0 Å². The van der Waals surface area contributed by atoms with E-state index >= 15 is 0 Å². The third-order valence-corrected chi connectivity index (χ3v) is 3.98. The van der Waals surface area contributed by atoms with Gasteiger partial charge in [0, 0.05) is 29.5 Å². The Bertz CT molecular complexity index is 543. The summed E-state index contributed by atoms with van der Waals surface area (Å²) < 4.78 is 0. The van der Waals surface area contributed by atoms with Crippen LogP contribution in [0.2, 0.25) is 5.02 Å². The molecule has 3 unspecified atom stereocenters. The van der Waals surface area contributed by atoms with Crippen LogP contribution in [0.4, 0.5) is 0 Å². The first-order chi connectivity index (χ1) is 8.74. The molecule has 2 heterocycles. The highest BCUT2D eigenvalue weighted by Gasteiger charge is 2.44. The molecule has 1 aromatic carbocycles. The molecular formula is C15H14ClNO. The van der Waals surface area contributed by atoms with E-state index in [-0.39, 0.29) is 12.0 Å². The number of fused-ring (bicyclic) bond motifs is 2. The second-order valence-electron chi connectivity index (χ2n) is 4.91. The van der Waals surface area contributed by atoms with Gasteiger partial charge in [-0.05, 0) is 31.2 Å². The average Bonchev–Trinajstić information content (AvgIpc) is 2.92. The zero-order chi connectivity index (χ0) is 12.5. The summed E-state index contributed by atoms with van der Waals surface area (Å²) in [5.74, 6) is 6.86. The van der Waals surface area contributed by atoms with Gasteiger partial charge in [0.2, 0.25) is 0 Å². The van der Waals surface area contributed by atoms with Gasteiger partial charge in [-0.15, -0.1) is 0 Å². The maximum absolute atomic E-state index is 11.9. The van der Waals surface area contributed by atoms with Crippen molar-refractivity contribution in [2.75, 3.05) is 13.1 Å². The summed E-state index contributed by atoms with van der Waals surface area (Å²) in [7, 11) is 0.